The molecule has 1 saturated heterocycles. The molecule has 3 nitrogen and oxygen atoms in total. The third-order valence-corrected chi connectivity index (χ3v) is 6.65. The number of hydrogen-bond acceptors (Lipinski definition) is 3. The third kappa shape index (κ3) is 2.58. The molecular weight excluding hydrogens is 374 g/mol. The molecule has 0 bridgehead atoms. The van der Waals surface area contributed by atoms with Gasteiger partial charge in [-0.1, -0.05) is 34.1 Å². The summed E-state index contributed by atoms with van der Waals surface area (Å²) in [7, 11) is 2.24. The molecule has 0 aromatic heterocycles. The lowest BCUT2D eigenvalue weighted by atomic mass is 9.84. The summed E-state index contributed by atoms with van der Waals surface area (Å²) in [5.74, 6) is 0.690. The molecule has 130 valence electrons. The van der Waals surface area contributed by atoms with Crippen molar-refractivity contribution in [1.29, 1.82) is 0 Å². The number of nitrogens with one attached hydrogen (secondary N) is 1. The lowest BCUT2D eigenvalue weighted by Gasteiger charge is -2.35. The maximum absolute atomic E-state index is 3.94. The standard InChI is InChI=1S/C21H24BrN3/c1-24-10-7-14(8-11-24)20-17-4-2-3-15-9-12-25(21(15)17)19-6-5-16(22)13-18(19)23-20/h2-6,13-14,20,23H,7-12H2,1H3. The number of piperidine rings is 1. The quantitative estimate of drug-likeness (QED) is 0.733. The highest BCUT2D eigenvalue weighted by Gasteiger charge is 2.35. The number of halogens is 1. The first-order valence-corrected chi connectivity index (χ1v) is 10.1. The van der Waals surface area contributed by atoms with E-state index in [1.807, 2.05) is 0 Å². The fraction of sp³-hybridized carbons (Fsp3) is 0.429. The molecule has 3 aliphatic heterocycles. The number of benzene rings is 2. The number of nitrogens with zero attached hydrogens (tertiary/aromatic N) is 2. The van der Waals surface area contributed by atoms with Crippen molar-refractivity contribution in [2.24, 2.45) is 5.92 Å². The van der Waals surface area contributed by atoms with Crippen molar-refractivity contribution < 1.29 is 0 Å². The first-order chi connectivity index (χ1) is 12.2. The zero-order valence-corrected chi connectivity index (χ0v) is 16.2. The Morgan fingerprint density at radius 3 is 2.76 bits per heavy atom. The van der Waals surface area contributed by atoms with Crippen LogP contribution in [0.15, 0.2) is 40.9 Å². The van der Waals surface area contributed by atoms with Gasteiger partial charge < -0.3 is 15.1 Å². The molecule has 0 saturated carbocycles. The average Bonchev–Trinajstić information content (AvgIpc) is 2.99. The monoisotopic (exact) mass is 397 g/mol. The van der Waals surface area contributed by atoms with E-state index in [-0.39, 0.29) is 0 Å². The second kappa shape index (κ2) is 6.03. The predicted octanol–water partition coefficient (Wildman–Crippen LogP) is 4.95. The second-order valence-corrected chi connectivity index (χ2v) is 8.60. The number of anilines is 3. The largest absolute Gasteiger partial charge is 0.376 e. The van der Waals surface area contributed by atoms with Gasteiger partial charge in [0.1, 0.15) is 0 Å². The van der Waals surface area contributed by atoms with Crippen molar-refractivity contribution in [3.8, 4) is 0 Å². The number of para-hydroxylation sites is 1. The van der Waals surface area contributed by atoms with E-state index in [0.717, 1.165) is 17.4 Å². The second-order valence-electron chi connectivity index (χ2n) is 7.68. The van der Waals surface area contributed by atoms with Crippen LogP contribution in [0.25, 0.3) is 0 Å². The summed E-state index contributed by atoms with van der Waals surface area (Å²) in [6.45, 7) is 3.49. The van der Waals surface area contributed by atoms with Gasteiger partial charge in [-0.2, -0.15) is 0 Å². The van der Waals surface area contributed by atoms with E-state index in [2.05, 4.69) is 74.5 Å². The van der Waals surface area contributed by atoms with Crippen LogP contribution in [0.2, 0.25) is 0 Å². The van der Waals surface area contributed by atoms with Crippen LogP contribution < -0.4 is 10.2 Å². The summed E-state index contributed by atoms with van der Waals surface area (Å²) >= 11 is 3.66. The van der Waals surface area contributed by atoms with Gasteiger partial charge in [-0.05, 0) is 74.6 Å². The van der Waals surface area contributed by atoms with Crippen LogP contribution in [-0.2, 0) is 6.42 Å². The molecule has 25 heavy (non-hydrogen) atoms. The molecule has 4 heteroatoms. The Morgan fingerprint density at radius 2 is 1.92 bits per heavy atom. The number of likely N-dealkylation sites (tertiary alicyclic amines) is 1. The number of fused-ring (bicyclic) bond motifs is 2. The molecule has 1 N–H and O–H groups in total. The van der Waals surface area contributed by atoms with E-state index >= 15 is 0 Å². The van der Waals surface area contributed by atoms with E-state index < -0.39 is 0 Å². The molecule has 2 aromatic carbocycles. The Kier molecular flexibility index (Phi) is 3.79. The highest BCUT2D eigenvalue weighted by Crippen LogP contribution is 2.49. The lowest BCUT2D eigenvalue weighted by Crippen LogP contribution is -2.34. The summed E-state index contributed by atoms with van der Waals surface area (Å²) in [6.07, 6.45) is 3.68. The van der Waals surface area contributed by atoms with E-state index in [1.54, 1.807) is 0 Å². The fourth-order valence-corrected chi connectivity index (χ4v) is 5.18. The molecule has 0 aliphatic carbocycles. The third-order valence-electron chi connectivity index (χ3n) is 6.16. The molecule has 1 unspecified atom stereocenters. The average molecular weight is 398 g/mol. The van der Waals surface area contributed by atoms with Gasteiger partial charge in [-0.25, -0.2) is 0 Å². The predicted molar refractivity (Wildman–Crippen MR) is 108 cm³/mol. The van der Waals surface area contributed by atoms with E-state index in [1.165, 1.54) is 54.1 Å². The molecule has 3 heterocycles. The van der Waals surface area contributed by atoms with Crippen LogP contribution in [0.4, 0.5) is 17.1 Å². The van der Waals surface area contributed by atoms with Gasteiger partial charge in [0, 0.05) is 16.7 Å². The minimum atomic E-state index is 0.403. The Labute approximate surface area is 158 Å². The molecule has 0 spiro atoms. The molecule has 5 rings (SSSR count). The zero-order chi connectivity index (χ0) is 17.0. The van der Waals surface area contributed by atoms with Crippen LogP contribution >= 0.6 is 15.9 Å². The maximum atomic E-state index is 3.94. The van der Waals surface area contributed by atoms with E-state index in [9.17, 15) is 0 Å². The maximum Gasteiger partial charge on any atom is 0.0647 e. The molecule has 3 aliphatic rings. The first kappa shape index (κ1) is 15.7. The van der Waals surface area contributed by atoms with Gasteiger partial charge in [0.2, 0.25) is 0 Å². The van der Waals surface area contributed by atoms with Crippen LogP contribution in [-0.4, -0.2) is 31.6 Å². The summed E-state index contributed by atoms with van der Waals surface area (Å²) in [5, 5.41) is 3.94. The van der Waals surface area contributed by atoms with Crippen molar-refractivity contribution in [3.63, 3.8) is 0 Å². The lowest BCUT2D eigenvalue weighted by molar-refractivity contribution is 0.205. The molecule has 0 radical (unpaired) electrons. The van der Waals surface area contributed by atoms with Gasteiger partial charge in [0.15, 0.2) is 0 Å². The summed E-state index contributed by atoms with van der Waals surface area (Å²) in [5.41, 5.74) is 7.07. The smallest absolute Gasteiger partial charge is 0.0647 e. The fourth-order valence-electron chi connectivity index (χ4n) is 4.82. The van der Waals surface area contributed by atoms with E-state index in [0.29, 0.717) is 12.0 Å². The van der Waals surface area contributed by atoms with Crippen molar-refractivity contribution in [2.45, 2.75) is 25.3 Å². The molecule has 1 atom stereocenters. The Hall–Kier alpha value is -1.52. The van der Waals surface area contributed by atoms with Gasteiger partial charge >= 0.3 is 0 Å². The van der Waals surface area contributed by atoms with E-state index in [4.69, 9.17) is 0 Å². The van der Waals surface area contributed by atoms with Crippen LogP contribution in [0.3, 0.4) is 0 Å². The van der Waals surface area contributed by atoms with Gasteiger partial charge in [-0.15, -0.1) is 0 Å². The van der Waals surface area contributed by atoms with Crippen molar-refractivity contribution >= 4 is 33.0 Å². The first-order valence-electron chi connectivity index (χ1n) is 9.34. The van der Waals surface area contributed by atoms with Crippen LogP contribution in [0, 0.1) is 5.92 Å². The highest BCUT2D eigenvalue weighted by atomic mass is 79.9. The topological polar surface area (TPSA) is 18.5 Å². The van der Waals surface area contributed by atoms with Crippen molar-refractivity contribution in [3.05, 3.63) is 52.0 Å². The molecule has 0 amide bonds. The summed E-state index contributed by atoms with van der Waals surface area (Å²) in [6, 6.07) is 14.0. The van der Waals surface area contributed by atoms with Crippen LogP contribution in [0.5, 0.6) is 0 Å². The Balaban J connectivity index is 1.65. The summed E-state index contributed by atoms with van der Waals surface area (Å²) < 4.78 is 1.14. The molecule has 1 fully saturated rings. The molecular formula is C21H24BrN3. The van der Waals surface area contributed by atoms with Gasteiger partial charge in [0.25, 0.3) is 0 Å². The highest BCUT2D eigenvalue weighted by molar-refractivity contribution is 9.10. The molecule has 2 aromatic rings. The van der Waals surface area contributed by atoms with Crippen molar-refractivity contribution in [2.75, 3.05) is 36.9 Å². The van der Waals surface area contributed by atoms with Crippen LogP contribution in [0.1, 0.15) is 30.0 Å². The number of rotatable bonds is 1. The normalized spacial score (nSPS) is 23.0. The van der Waals surface area contributed by atoms with Gasteiger partial charge in [-0.3, -0.25) is 0 Å². The Morgan fingerprint density at radius 1 is 1.08 bits per heavy atom. The minimum absolute atomic E-state index is 0.403. The Bertz CT molecular complexity index is 811. The SMILES string of the molecule is CN1CCC(C2Nc3cc(Br)ccc3N3CCc4cccc2c43)CC1. The number of hydrogen-bond donors (Lipinski definition) is 1. The summed E-state index contributed by atoms with van der Waals surface area (Å²) in [4.78, 5) is 4.99. The minimum Gasteiger partial charge on any atom is -0.376 e. The van der Waals surface area contributed by atoms with Crippen molar-refractivity contribution in [1.82, 2.24) is 4.90 Å². The zero-order valence-electron chi connectivity index (χ0n) is 14.6. The van der Waals surface area contributed by atoms with Gasteiger partial charge in [0.05, 0.1) is 17.4 Å².